The predicted molar refractivity (Wildman–Crippen MR) is 73.8 cm³/mol. The van der Waals surface area contributed by atoms with E-state index in [0.717, 1.165) is 0 Å². The molecule has 0 fully saturated rings. The third-order valence-electron chi connectivity index (χ3n) is 2.66. The van der Waals surface area contributed by atoms with Crippen molar-refractivity contribution in [2.24, 2.45) is 0 Å². The Labute approximate surface area is 117 Å². The van der Waals surface area contributed by atoms with Gasteiger partial charge in [0.2, 0.25) is 0 Å². The van der Waals surface area contributed by atoms with E-state index >= 15 is 0 Å². The van der Waals surface area contributed by atoms with Crippen molar-refractivity contribution in [3.8, 4) is 11.8 Å². The third kappa shape index (κ3) is 5.00. The molecule has 20 heavy (non-hydrogen) atoms. The summed E-state index contributed by atoms with van der Waals surface area (Å²) in [4.78, 5) is 12.1. The number of amides is 1. The number of aliphatic hydroxyl groups excluding tert-OH is 1. The molecule has 4 nitrogen and oxygen atoms in total. The summed E-state index contributed by atoms with van der Waals surface area (Å²) >= 11 is 0. The van der Waals surface area contributed by atoms with E-state index in [1.165, 1.54) is 18.2 Å². The molecule has 1 rings (SSSR count). The monoisotopic (exact) mass is 279 g/mol. The zero-order valence-electron chi connectivity index (χ0n) is 11.6. The largest absolute Gasteiger partial charge is 0.385 e. The highest BCUT2D eigenvalue weighted by Crippen LogP contribution is 2.11. The van der Waals surface area contributed by atoms with Gasteiger partial charge in [0.1, 0.15) is 12.4 Å². The standard InChI is InChI=1S/C15H18FNO3/c1-11(7-9-20-2)17-15(19)14-6-5-13(16)10-12(14)4-3-8-18/h5-6,10-11,18H,7-9H2,1-2H3,(H,17,19). The van der Waals surface area contributed by atoms with Gasteiger partial charge in [-0.2, -0.15) is 0 Å². The number of halogens is 1. The van der Waals surface area contributed by atoms with Crippen LogP contribution in [0.1, 0.15) is 29.3 Å². The quantitative estimate of drug-likeness (QED) is 0.799. The molecule has 108 valence electrons. The summed E-state index contributed by atoms with van der Waals surface area (Å²) in [5.41, 5.74) is 0.548. The first-order valence-corrected chi connectivity index (χ1v) is 6.27. The second kappa shape index (κ2) is 8.31. The number of methoxy groups -OCH3 is 1. The minimum atomic E-state index is -0.476. The van der Waals surface area contributed by atoms with Gasteiger partial charge in [0.15, 0.2) is 0 Å². The molecule has 1 aromatic rings. The second-order valence-electron chi connectivity index (χ2n) is 4.31. The maximum absolute atomic E-state index is 13.2. The predicted octanol–water partition coefficient (Wildman–Crippen LogP) is 1.32. The lowest BCUT2D eigenvalue weighted by Crippen LogP contribution is -2.33. The molecular weight excluding hydrogens is 261 g/mol. The first kappa shape index (κ1) is 16.2. The van der Waals surface area contributed by atoms with Crippen molar-refractivity contribution in [1.29, 1.82) is 0 Å². The van der Waals surface area contributed by atoms with Crippen molar-refractivity contribution in [1.82, 2.24) is 5.32 Å². The summed E-state index contributed by atoms with van der Waals surface area (Å²) in [5.74, 6) is 4.19. The van der Waals surface area contributed by atoms with Crippen LogP contribution in [0.4, 0.5) is 4.39 Å². The zero-order chi connectivity index (χ0) is 15.0. The van der Waals surface area contributed by atoms with E-state index in [1.807, 2.05) is 6.92 Å². The fourth-order valence-electron chi connectivity index (χ4n) is 1.62. The summed E-state index contributed by atoms with van der Waals surface area (Å²) in [5, 5.41) is 11.5. The van der Waals surface area contributed by atoms with Crippen molar-refractivity contribution < 1.29 is 19.0 Å². The highest BCUT2D eigenvalue weighted by atomic mass is 19.1. The van der Waals surface area contributed by atoms with Gasteiger partial charge in [-0.15, -0.1) is 0 Å². The van der Waals surface area contributed by atoms with E-state index in [2.05, 4.69) is 17.2 Å². The zero-order valence-corrected chi connectivity index (χ0v) is 11.6. The summed E-state index contributed by atoms with van der Waals surface area (Å²) in [6.07, 6.45) is 0.682. The van der Waals surface area contributed by atoms with Crippen LogP contribution in [0.5, 0.6) is 0 Å². The number of rotatable bonds is 5. The van der Waals surface area contributed by atoms with Gasteiger partial charge in [-0.05, 0) is 31.5 Å². The van der Waals surface area contributed by atoms with Gasteiger partial charge in [-0.25, -0.2) is 4.39 Å². The highest BCUT2D eigenvalue weighted by molar-refractivity contribution is 5.96. The van der Waals surface area contributed by atoms with Gasteiger partial charge in [0.05, 0.1) is 5.56 Å². The lowest BCUT2D eigenvalue weighted by molar-refractivity contribution is 0.0929. The summed E-state index contributed by atoms with van der Waals surface area (Å²) < 4.78 is 18.1. The Bertz CT molecular complexity index is 520. The fourth-order valence-corrected chi connectivity index (χ4v) is 1.62. The molecule has 0 aliphatic rings. The van der Waals surface area contributed by atoms with E-state index in [4.69, 9.17) is 9.84 Å². The van der Waals surface area contributed by atoms with Crippen LogP contribution in [0.3, 0.4) is 0 Å². The maximum atomic E-state index is 13.2. The molecule has 1 unspecified atom stereocenters. The molecule has 0 heterocycles. The molecule has 0 aliphatic heterocycles. The molecule has 1 amide bonds. The molecular formula is C15H18FNO3. The average Bonchev–Trinajstić information content (AvgIpc) is 2.42. The topological polar surface area (TPSA) is 58.6 Å². The van der Waals surface area contributed by atoms with E-state index in [-0.39, 0.29) is 29.7 Å². The van der Waals surface area contributed by atoms with Gasteiger partial charge in [0.25, 0.3) is 5.91 Å². The molecule has 5 heteroatoms. The van der Waals surface area contributed by atoms with Crippen LogP contribution in [0.15, 0.2) is 18.2 Å². The molecule has 2 N–H and O–H groups in total. The average molecular weight is 279 g/mol. The van der Waals surface area contributed by atoms with E-state index in [0.29, 0.717) is 13.0 Å². The Kier molecular flexibility index (Phi) is 6.71. The SMILES string of the molecule is COCCC(C)NC(=O)c1ccc(F)cc1C#CCO. The molecule has 0 radical (unpaired) electrons. The molecule has 0 spiro atoms. The normalized spacial score (nSPS) is 11.4. The lowest BCUT2D eigenvalue weighted by Gasteiger charge is -2.14. The summed E-state index contributed by atoms with van der Waals surface area (Å²) in [6, 6.07) is 3.71. The van der Waals surface area contributed by atoms with Crippen molar-refractivity contribution in [2.75, 3.05) is 20.3 Å². The minimum absolute atomic E-state index is 0.0637. The second-order valence-corrected chi connectivity index (χ2v) is 4.31. The number of nitrogens with one attached hydrogen (secondary N) is 1. The molecule has 0 aromatic heterocycles. The Balaban J connectivity index is 2.86. The fraction of sp³-hybridized carbons (Fsp3) is 0.400. The van der Waals surface area contributed by atoms with Gasteiger partial charge < -0.3 is 15.2 Å². The van der Waals surface area contributed by atoms with Gasteiger partial charge in [0, 0.05) is 25.3 Å². The van der Waals surface area contributed by atoms with Crippen molar-refractivity contribution in [3.05, 3.63) is 35.1 Å². The minimum Gasteiger partial charge on any atom is -0.385 e. The Morgan fingerprint density at radius 2 is 2.30 bits per heavy atom. The van der Waals surface area contributed by atoms with E-state index in [9.17, 15) is 9.18 Å². The number of ether oxygens (including phenoxy) is 1. The van der Waals surface area contributed by atoms with Crippen molar-refractivity contribution in [3.63, 3.8) is 0 Å². The Hall–Kier alpha value is -1.90. The third-order valence-corrected chi connectivity index (χ3v) is 2.66. The van der Waals surface area contributed by atoms with Gasteiger partial charge in [-0.1, -0.05) is 11.8 Å². The number of aliphatic hydroxyl groups is 1. The van der Waals surface area contributed by atoms with Crippen molar-refractivity contribution in [2.45, 2.75) is 19.4 Å². The van der Waals surface area contributed by atoms with E-state index in [1.54, 1.807) is 7.11 Å². The Morgan fingerprint density at radius 1 is 1.55 bits per heavy atom. The molecule has 0 saturated carbocycles. The number of hydrogen-bond donors (Lipinski definition) is 2. The molecule has 0 saturated heterocycles. The number of hydrogen-bond acceptors (Lipinski definition) is 3. The van der Waals surface area contributed by atoms with Crippen LogP contribution in [-0.2, 0) is 4.74 Å². The summed E-state index contributed by atoms with van der Waals surface area (Å²) in [7, 11) is 1.59. The first-order valence-electron chi connectivity index (χ1n) is 6.27. The van der Waals surface area contributed by atoms with Crippen LogP contribution in [-0.4, -0.2) is 37.4 Å². The first-order chi connectivity index (χ1) is 9.58. The molecule has 1 aromatic carbocycles. The number of carbonyl (C=O) groups excluding carboxylic acids is 1. The van der Waals surface area contributed by atoms with Crippen LogP contribution < -0.4 is 5.32 Å². The van der Waals surface area contributed by atoms with Gasteiger partial charge >= 0.3 is 0 Å². The van der Waals surface area contributed by atoms with Crippen LogP contribution >= 0.6 is 0 Å². The van der Waals surface area contributed by atoms with Crippen LogP contribution in [0, 0.1) is 17.7 Å². The van der Waals surface area contributed by atoms with Crippen molar-refractivity contribution >= 4 is 5.91 Å². The maximum Gasteiger partial charge on any atom is 0.252 e. The molecule has 0 bridgehead atoms. The lowest BCUT2D eigenvalue weighted by atomic mass is 10.1. The Morgan fingerprint density at radius 3 is 2.95 bits per heavy atom. The number of benzene rings is 1. The van der Waals surface area contributed by atoms with Gasteiger partial charge in [-0.3, -0.25) is 4.79 Å². The highest BCUT2D eigenvalue weighted by Gasteiger charge is 2.13. The van der Waals surface area contributed by atoms with Crippen LogP contribution in [0.25, 0.3) is 0 Å². The molecule has 1 atom stereocenters. The van der Waals surface area contributed by atoms with E-state index < -0.39 is 5.82 Å². The molecule has 0 aliphatic carbocycles. The summed E-state index contributed by atoms with van der Waals surface area (Å²) in [6.45, 7) is 2.06. The number of carbonyl (C=O) groups is 1. The smallest absolute Gasteiger partial charge is 0.252 e. The van der Waals surface area contributed by atoms with Crippen LogP contribution in [0.2, 0.25) is 0 Å².